The molecule has 0 bridgehead atoms. The molecule has 17 heavy (non-hydrogen) atoms. The molecule has 7 heteroatoms. The summed E-state index contributed by atoms with van der Waals surface area (Å²) in [6, 6.07) is 2.73. The topological polar surface area (TPSA) is 92.4 Å². The highest BCUT2D eigenvalue weighted by atomic mass is 79.9. The van der Waals surface area contributed by atoms with E-state index in [0.29, 0.717) is 4.47 Å². The van der Waals surface area contributed by atoms with Gasteiger partial charge in [-0.25, -0.2) is 4.39 Å². The number of hydrogen-bond acceptors (Lipinski definition) is 3. The van der Waals surface area contributed by atoms with E-state index in [1.807, 2.05) is 0 Å². The lowest BCUT2D eigenvalue weighted by atomic mass is 10.2. The van der Waals surface area contributed by atoms with Crippen molar-refractivity contribution in [1.82, 2.24) is 0 Å². The Balaban J connectivity index is 2.68. The molecular weight excluding hydrogens is 295 g/mol. The summed E-state index contributed by atoms with van der Waals surface area (Å²) < 4.78 is 13.8. The molecular formula is C10H10BrFN2O3. The minimum atomic E-state index is -1.30. The van der Waals surface area contributed by atoms with Gasteiger partial charge in [-0.1, -0.05) is 15.9 Å². The number of aliphatic carboxylic acids is 1. The number of carbonyl (C=O) groups is 2. The summed E-state index contributed by atoms with van der Waals surface area (Å²) in [4.78, 5) is 21.8. The SMILES string of the molecule is NC(CC(=O)Nc1cc(Br)ccc1F)C(=O)O. The highest BCUT2D eigenvalue weighted by Crippen LogP contribution is 2.20. The number of nitrogens with two attached hydrogens (primary N) is 1. The Bertz CT molecular complexity index is 453. The highest BCUT2D eigenvalue weighted by molar-refractivity contribution is 9.10. The number of nitrogens with one attached hydrogen (secondary N) is 1. The number of hydrogen-bond donors (Lipinski definition) is 3. The van der Waals surface area contributed by atoms with Crippen LogP contribution in [-0.2, 0) is 9.59 Å². The van der Waals surface area contributed by atoms with Crippen molar-refractivity contribution in [2.45, 2.75) is 12.5 Å². The molecule has 4 N–H and O–H groups in total. The third-order valence-electron chi connectivity index (χ3n) is 1.93. The summed E-state index contributed by atoms with van der Waals surface area (Å²) >= 11 is 3.12. The van der Waals surface area contributed by atoms with Crippen LogP contribution >= 0.6 is 15.9 Å². The van der Waals surface area contributed by atoms with Gasteiger partial charge in [-0.05, 0) is 18.2 Å². The molecule has 1 aromatic rings. The summed E-state index contributed by atoms with van der Waals surface area (Å²) in [6.07, 6.45) is -0.415. The van der Waals surface area contributed by atoms with Crippen LogP contribution in [0.5, 0.6) is 0 Å². The molecule has 0 radical (unpaired) electrons. The van der Waals surface area contributed by atoms with Crippen LogP contribution in [0.15, 0.2) is 22.7 Å². The zero-order chi connectivity index (χ0) is 13.0. The van der Waals surface area contributed by atoms with Crippen LogP contribution < -0.4 is 11.1 Å². The number of carboxylic acids is 1. The van der Waals surface area contributed by atoms with Gasteiger partial charge in [-0.3, -0.25) is 9.59 Å². The molecule has 0 aliphatic rings. The minimum absolute atomic E-state index is 0.0260. The van der Waals surface area contributed by atoms with E-state index in [1.54, 1.807) is 0 Å². The summed E-state index contributed by atoms with van der Waals surface area (Å²) in [5, 5.41) is 10.8. The second kappa shape index (κ2) is 5.74. The number of rotatable bonds is 4. The Labute approximate surface area is 105 Å². The molecule has 1 amide bonds. The number of anilines is 1. The van der Waals surface area contributed by atoms with E-state index in [9.17, 15) is 14.0 Å². The molecule has 0 heterocycles. The fraction of sp³-hybridized carbons (Fsp3) is 0.200. The number of benzene rings is 1. The normalized spacial score (nSPS) is 11.9. The molecule has 1 rings (SSSR count). The lowest BCUT2D eigenvalue weighted by molar-refractivity contribution is -0.140. The first-order valence-corrected chi connectivity index (χ1v) is 5.42. The van der Waals surface area contributed by atoms with Crippen molar-refractivity contribution in [2.75, 3.05) is 5.32 Å². The van der Waals surface area contributed by atoms with Crippen LogP contribution in [0.3, 0.4) is 0 Å². The van der Waals surface area contributed by atoms with Crippen LogP contribution in [0.4, 0.5) is 10.1 Å². The lowest BCUT2D eigenvalue weighted by Crippen LogP contribution is -2.34. The van der Waals surface area contributed by atoms with Crippen LogP contribution in [0.1, 0.15) is 6.42 Å². The number of carboxylic acid groups (broad SMARTS) is 1. The van der Waals surface area contributed by atoms with Gasteiger partial charge in [0.15, 0.2) is 0 Å². The van der Waals surface area contributed by atoms with Gasteiger partial charge < -0.3 is 16.2 Å². The monoisotopic (exact) mass is 304 g/mol. The molecule has 0 spiro atoms. The lowest BCUT2D eigenvalue weighted by Gasteiger charge is -2.08. The third kappa shape index (κ3) is 4.12. The average Bonchev–Trinajstić information content (AvgIpc) is 2.23. The zero-order valence-electron chi connectivity index (χ0n) is 8.61. The van der Waals surface area contributed by atoms with Gasteiger partial charge in [0.25, 0.3) is 0 Å². The zero-order valence-corrected chi connectivity index (χ0v) is 10.2. The Morgan fingerprint density at radius 1 is 1.53 bits per heavy atom. The quantitative estimate of drug-likeness (QED) is 0.782. The fourth-order valence-electron chi connectivity index (χ4n) is 1.08. The molecule has 0 aliphatic heterocycles. The second-order valence-corrected chi connectivity index (χ2v) is 4.24. The highest BCUT2D eigenvalue weighted by Gasteiger charge is 2.17. The second-order valence-electron chi connectivity index (χ2n) is 3.32. The van der Waals surface area contributed by atoms with Gasteiger partial charge in [0.05, 0.1) is 12.1 Å². The Morgan fingerprint density at radius 2 is 2.18 bits per heavy atom. The van der Waals surface area contributed by atoms with Gasteiger partial charge >= 0.3 is 5.97 Å². The van der Waals surface area contributed by atoms with E-state index in [1.165, 1.54) is 18.2 Å². The van der Waals surface area contributed by atoms with Crippen molar-refractivity contribution in [3.8, 4) is 0 Å². The maximum Gasteiger partial charge on any atom is 0.321 e. The fourth-order valence-corrected chi connectivity index (χ4v) is 1.44. The standard InChI is InChI=1S/C10H10BrFN2O3/c11-5-1-2-6(12)8(3-5)14-9(15)4-7(13)10(16)17/h1-3,7H,4,13H2,(H,14,15)(H,16,17). The van der Waals surface area contributed by atoms with Gasteiger partial charge in [0.1, 0.15) is 11.9 Å². The van der Waals surface area contributed by atoms with E-state index in [0.717, 1.165) is 0 Å². The Morgan fingerprint density at radius 3 is 2.76 bits per heavy atom. The maximum atomic E-state index is 13.2. The third-order valence-corrected chi connectivity index (χ3v) is 2.42. The molecule has 0 aromatic heterocycles. The molecule has 0 fully saturated rings. The molecule has 0 saturated carbocycles. The van der Waals surface area contributed by atoms with Gasteiger partial charge in [0, 0.05) is 4.47 Å². The molecule has 0 saturated heterocycles. The van der Waals surface area contributed by atoms with E-state index in [-0.39, 0.29) is 5.69 Å². The maximum absolute atomic E-state index is 13.2. The van der Waals surface area contributed by atoms with Crippen LogP contribution in [-0.4, -0.2) is 23.0 Å². The first-order valence-electron chi connectivity index (χ1n) is 4.63. The van der Waals surface area contributed by atoms with Crippen molar-refractivity contribution in [1.29, 1.82) is 0 Å². The summed E-state index contributed by atoms with van der Waals surface area (Å²) in [6.45, 7) is 0. The van der Waals surface area contributed by atoms with Crippen LogP contribution in [0, 0.1) is 5.82 Å². The molecule has 92 valence electrons. The van der Waals surface area contributed by atoms with Crippen LogP contribution in [0.2, 0.25) is 0 Å². The molecule has 1 atom stereocenters. The first-order chi connectivity index (χ1) is 7.90. The minimum Gasteiger partial charge on any atom is -0.480 e. The summed E-state index contributed by atoms with van der Waals surface area (Å²) in [5.41, 5.74) is 5.15. The van der Waals surface area contributed by atoms with Crippen molar-refractivity contribution in [3.63, 3.8) is 0 Å². The van der Waals surface area contributed by atoms with E-state index in [4.69, 9.17) is 10.8 Å². The van der Waals surface area contributed by atoms with E-state index >= 15 is 0 Å². The van der Waals surface area contributed by atoms with Crippen molar-refractivity contribution < 1.29 is 19.1 Å². The van der Waals surface area contributed by atoms with Gasteiger partial charge in [-0.2, -0.15) is 0 Å². The average molecular weight is 305 g/mol. The largest absolute Gasteiger partial charge is 0.480 e. The summed E-state index contributed by atoms with van der Waals surface area (Å²) in [5.74, 6) is -2.54. The molecule has 1 aromatic carbocycles. The van der Waals surface area contributed by atoms with E-state index < -0.39 is 30.2 Å². The smallest absolute Gasteiger partial charge is 0.321 e. The predicted octanol–water partition coefficient (Wildman–Crippen LogP) is 1.33. The van der Waals surface area contributed by atoms with Gasteiger partial charge in [0.2, 0.25) is 5.91 Å². The van der Waals surface area contributed by atoms with Crippen molar-refractivity contribution >= 4 is 33.5 Å². The number of amides is 1. The van der Waals surface area contributed by atoms with Crippen molar-refractivity contribution in [2.24, 2.45) is 5.73 Å². The Kier molecular flexibility index (Phi) is 4.59. The molecule has 0 aliphatic carbocycles. The van der Waals surface area contributed by atoms with Gasteiger partial charge in [-0.15, -0.1) is 0 Å². The number of carbonyl (C=O) groups excluding carboxylic acids is 1. The van der Waals surface area contributed by atoms with Crippen LogP contribution in [0.25, 0.3) is 0 Å². The molecule has 5 nitrogen and oxygen atoms in total. The summed E-state index contributed by atoms with van der Waals surface area (Å²) in [7, 11) is 0. The predicted molar refractivity (Wildman–Crippen MR) is 63.0 cm³/mol. The van der Waals surface area contributed by atoms with E-state index in [2.05, 4.69) is 21.2 Å². The first kappa shape index (κ1) is 13.6. The number of halogens is 2. The molecule has 1 unspecified atom stereocenters. The van der Waals surface area contributed by atoms with Crippen molar-refractivity contribution in [3.05, 3.63) is 28.5 Å². The Hall–Kier alpha value is -1.47.